The average molecular weight is 325 g/mol. The molecule has 1 rings (SSSR count). The lowest BCUT2D eigenvalue weighted by Gasteiger charge is -2.07. The Morgan fingerprint density at radius 2 is 1.65 bits per heavy atom. The third-order valence-corrected chi connectivity index (χ3v) is 2.49. The fraction of sp³-hybridized carbons (Fsp3) is 0.429. The number of hydrogen-bond donors (Lipinski definition) is 2. The van der Waals surface area contributed by atoms with Crippen LogP contribution in [0.4, 0.5) is 5.82 Å². The van der Waals surface area contributed by atoms with Gasteiger partial charge in [0, 0.05) is 6.20 Å². The zero-order chi connectivity index (χ0) is 17.2. The first kappa shape index (κ1) is 18.2. The molecule has 1 aromatic rings. The number of hydrogen-bond acceptors (Lipinski definition) is 8. The van der Waals surface area contributed by atoms with Crippen molar-refractivity contribution in [2.24, 2.45) is 0 Å². The third-order valence-electron chi connectivity index (χ3n) is 2.49. The van der Waals surface area contributed by atoms with Crippen LogP contribution in [0, 0.1) is 0 Å². The number of aromatic nitrogens is 2. The predicted molar refractivity (Wildman–Crippen MR) is 79.5 cm³/mol. The molecule has 126 valence electrons. The minimum absolute atomic E-state index is 0.105. The number of ether oxygens (including phenoxy) is 3. The standard InChI is InChI=1S/C14H19N3O6/c1-4-21-12(18)9-8-16-17-11(9)15-7-10(13(19)22-5-2)14(20)23-6-3/h7-8H,4-6H2,1-3H3,(H2,15,16,17). The van der Waals surface area contributed by atoms with Crippen LogP contribution in [0.5, 0.6) is 0 Å². The van der Waals surface area contributed by atoms with Gasteiger partial charge in [0.05, 0.1) is 26.0 Å². The topological polar surface area (TPSA) is 120 Å². The lowest BCUT2D eigenvalue weighted by Crippen LogP contribution is -2.19. The third kappa shape index (κ3) is 5.13. The molecule has 0 aliphatic carbocycles. The minimum atomic E-state index is -0.837. The molecule has 9 heteroatoms. The van der Waals surface area contributed by atoms with Crippen molar-refractivity contribution < 1.29 is 28.6 Å². The lowest BCUT2D eigenvalue weighted by molar-refractivity contribution is -0.146. The van der Waals surface area contributed by atoms with Crippen molar-refractivity contribution >= 4 is 23.7 Å². The smallest absolute Gasteiger partial charge is 0.347 e. The molecule has 0 aliphatic heterocycles. The molecule has 1 heterocycles. The second kappa shape index (κ2) is 9.23. The summed E-state index contributed by atoms with van der Waals surface area (Å²) in [5, 5.41) is 8.88. The summed E-state index contributed by atoms with van der Waals surface area (Å²) < 4.78 is 14.4. The highest BCUT2D eigenvalue weighted by atomic mass is 16.6. The van der Waals surface area contributed by atoms with E-state index in [9.17, 15) is 14.4 Å². The van der Waals surface area contributed by atoms with Gasteiger partial charge < -0.3 is 19.5 Å². The largest absolute Gasteiger partial charge is 0.462 e. The molecule has 2 N–H and O–H groups in total. The molecule has 0 aromatic carbocycles. The maximum absolute atomic E-state index is 11.8. The van der Waals surface area contributed by atoms with Gasteiger partial charge in [-0.3, -0.25) is 5.10 Å². The van der Waals surface area contributed by atoms with Crippen molar-refractivity contribution in [1.82, 2.24) is 10.2 Å². The molecule has 1 aromatic heterocycles. The Hall–Kier alpha value is -2.84. The van der Waals surface area contributed by atoms with E-state index in [-0.39, 0.29) is 36.8 Å². The van der Waals surface area contributed by atoms with Gasteiger partial charge in [-0.2, -0.15) is 5.10 Å². The van der Waals surface area contributed by atoms with E-state index in [1.165, 1.54) is 6.20 Å². The van der Waals surface area contributed by atoms with Crippen LogP contribution in [0.25, 0.3) is 0 Å². The molecule has 0 amide bonds. The number of carbonyl (C=O) groups excluding carboxylic acids is 3. The number of nitrogens with one attached hydrogen (secondary N) is 2. The Morgan fingerprint density at radius 1 is 1.09 bits per heavy atom. The summed E-state index contributed by atoms with van der Waals surface area (Å²) in [4.78, 5) is 35.3. The van der Waals surface area contributed by atoms with E-state index in [0.717, 1.165) is 6.20 Å². The summed E-state index contributed by atoms with van der Waals surface area (Å²) in [5.74, 6) is -2.09. The van der Waals surface area contributed by atoms with Crippen molar-refractivity contribution in [3.8, 4) is 0 Å². The molecule has 0 aliphatic rings. The maximum Gasteiger partial charge on any atom is 0.347 e. The van der Waals surface area contributed by atoms with E-state index in [1.54, 1.807) is 20.8 Å². The molecular weight excluding hydrogens is 306 g/mol. The van der Waals surface area contributed by atoms with Gasteiger partial charge in [-0.15, -0.1) is 0 Å². The zero-order valence-corrected chi connectivity index (χ0v) is 13.2. The van der Waals surface area contributed by atoms with Crippen LogP contribution in [-0.4, -0.2) is 47.9 Å². The maximum atomic E-state index is 11.8. The van der Waals surface area contributed by atoms with E-state index in [1.807, 2.05) is 0 Å². The number of carbonyl (C=O) groups is 3. The van der Waals surface area contributed by atoms with E-state index in [0.29, 0.717) is 0 Å². The Kier molecular flexibility index (Phi) is 7.31. The quantitative estimate of drug-likeness (QED) is 0.239. The van der Waals surface area contributed by atoms with Crippen molar-refractivity contribution in [2.45, 2.75) is 20.8 Å². The van der Waals surface area contributed by atoms with Gasteiger partial charge in [0.15, 0.2) is 5.57 Å². The lowest BCUT2D eigenvalue weighted by atomic mass is 10.3. The summed E-state index contributed by atoms with van der Waals surface area (Å²) in [7, 11) is 0. The summed E-state index contributed by atoms with van der Waals surface area (Å²) in [5.41, 5.74) is -0.201. The fourth-order valence-corrected chi connectivity index (χ4v) is 1.52. The number of rotatable bonds is 8. The fourth-order valence-electron chi connectivity index (χ4n) is 1.52. The number of H-pyrrole nitrogens is 1. The van der Waals surface area contributed by atoms with Crippen molar-refractivity contribution in [2.75, 3.05) is 25.1 Å². The summed E-state index contributed by atoms with van der Waals surface area (Å²) in [6, 6.07) is 0. The first-order valence-corrected chi connectivity index (χ1v) is 7.06. The molecule has 23 heavy (non-hydrogen) atoms. The van der Waals surface area contributed by atoms with Crippen molar-refractivity contribution in [3.05, 3.63) is 23.5 Å². The van der Waals surface area contributed by atoms with E-state index >= 15 is 0 Å². The second-order valence-electron chi connectivity index (χ2n) is 4.02. The number of aromatic amines is 1. The van der Waals surface area contributed by atoms with Crippen LogP contribution < -0.4 is 5.32 Å². The SMILES string of the molecule is CCOC(=O)C(=CNc1[nH]ncc1C(=O)OCC)C(=O)OCC. The van der Waals surface area contributed by atoms with Gasteiger partial charge in [0.25, 0.3) is 0 Å². The zero-order valence-electron chi connectivity index (χ0n) is 13.2. The first-order valence-electron chi connectivity index (χ1n) is 7.06. The normalized spacial score (nSPS) is 9.70. The van der Waals surface area contributed by atoms with E-state index in [4.69, 9.17) is 14.2 Å². The van der Waals surface area contributed by atoms with Crippen LogP contribution in [-0.2, 0) is 23.8 Å². The molecule has 0 saturated heterocycles. The van der Waals surface area contributed by atoms with E-state index in [2.05, 4.69) is 15.5 Å². The Bertz CT molecular complexity index is 573. The monoisotopic (exact) mass is 325 g/mol. The molecular formula is C14H19N3O6. The van der Waals surface area contributed by atoms with Crippen molar-refractivity contribution in [3.63, 3.8) is 0 Å². The Labute approximate surface area is 133 Å². The first-order chi connectivity index (χ1) is 11.0. The molecule has 0 radical (unpaired) electrons. The van der Waals surface area contributed by atoms with Gasteiger partial charge in [-0.05, 0) is 20.8 Å². The summed E-state index contributed by atoms with van der Waals surface area (Å²) in [6.07, 6.45) is 2.36. The summed E-state index contributed by atoms with van der Waals surface area (Å²) >= 11 is 0. The van der Waals surface area contributed by atoms with E-state index < -0.39 is 17.9 Å². The number of anilines is 1. The minimum Gasteiger partial charge on any atom is -0.462 e. The molecule has 0 atom stereocenters. The number of esters is 3. The van der Waals surface area contributed by atoms with Crippen molar-refractivity contribution in [1.29, 1.82) is 0 Å². The molecule has 0 spiro atoms. The van der Waals surface area contributed by atoms with Crippen LogP contribution in [0.15, 0.2) is 18.0 Å². The van der Waals surface area contributed by atoms with Gasteiger partial charge in [0.2, 0.25) is 0 Å². The highest BCUT2D eigenvalue weighted by molar-refractivity contribution is 6.14. The van der Waals surface area contributed by atoms with Gasteiger partial charge in [-0.25, -0.2) is 14.4 Å². The Balaban J connectivity index is 2.97. The van der Waals surface area contributed by atoms with Crippen LogP contribution in [0.1, 0.15) is 31.1 Å². The Morgan fingerprint density at radius 3 is 2.17 bits per heavy atom. The molecule has 9 nitrogen and oxygen atoms in total. The second-order valence-corrected chi connectivity index (χ2v) is 4.02. The predicted octanol–water partition coefficient (Wildman–Crippen LogP) is 1.01. The molecule has 0 bridgehead atoms. The van der Waals surface area contributed by atoms with Gasteiger partial charge >= 0.3 is 17.9 Å². The van der Waals surface area contributed by atoms with Crippen LogP contribution in [0.2, 0.25) is 0 Å². The van der Waals surface area contributed by atoms with Gasteiger partial charge in [0.1, 0.15) is 11.4 Å². The summed E-state index contributed by atoms with van der Waals surface area (Å²) in [6.45, 7) is 5.31. The molecule has 0 saturated carbocycles. The molecule has 0 unspecified atom stereocenters. The molecule has 0 fully saturated rings. The number of nitrogens with zero attached hydrogens (tertiary/aromatic N) is 1. The average Bonchev–Trinajstić information content (AvgIpc) is 2.97. The van der Waals surface area contributed by atoms with Crippen LogP contribution in [0.3, 0.4) is 0 Å². The van der Waals surface area contributed by atoms with Crippen LogP contribution >= 0.6 is 0 Å². The highest BCUT2D eigenvalue weighted by Gasteiger charge is 2.22. The highest BCUT2D eigenvalue weighted by Crippen LogP contribution is 2.13. The van der Waals surface area contributed by atoms with Gasteiger partial charge in [-0.1, -0.05) is 0 Å².